The van der Waals surface area contributed by atoms with E-state index in [1.54, 1.807) is 22.1 Å². The fraction of sp³-hybridized carbons (Fsp3) is 0.0952. The average molecular weight is 428 g/mol. The van der Waals surface area contributed by atoms with E-state index in [-0.39, 0.29) is 10.9 Å². The van der Waals surface area contributed by atoms with Crippen molar-refractivity contribution in [2.24, 2.45) is 0 Å². The zero-order chi connectivity index (χ0) is 20.5. The lowest BCUT2D eigenvalue weighted by atomic mass is 10.1. The predicted octanol–water partition coefficient (Wildman–Crippen LogP) is 5.19. The molecule has 2 aromatic heterocycles. The van der Waals surface area contributed by atoms with Gasteiger partial charge in [0.05, 0.1) is 11.2 Å². The Bertz CT molecular complexity index is 1280. The lowest BCUT2D eigenvalue weighted by Gasteiger charge is -2.11. The summed E-state index contributed by atoms with van der Waals surface area (Å²) in [6.07, 6.45) is 1.49. The Morgan fingerprint density at radius 2 is 2.00 bits per heavy atom. The van der Waals surface area contributed by atoms with Gasteiger partial charge in [-0.3, -0.25) is 14.9 Å². The quantitative estimate of drug-likeness (QED) is 0.487. The molecule has 146 valence electrons. The predicted molar refractivity (Wildman–Crippen MR) is 114 cm³/mol. The van der Waals surface area contributed by atoms with Crippen LogP contribution in [0.5, 0.6) is 0 Å². The summed E-state index contributed by atoms with van der Waals surface area (Å²) in [4.78, 5) is 29.9. The number of nitrogens with one attached hydrogen (secondary N) is 1. The van der Waals surface area contributed by atoms with Crippen LogP contribution in [0.2, 0.25) is 5.02 Å². The molecule has 0 atom stereocenters. The number of nitrogens with zero attached hydrogens (tertiary/aromatic N) is 2. The van der Waals surface area contributed by atoms with Gasteiger partial charge in [0.1, 0.15) is 11.4 Å². The van der Waals surface area contributed by atoms with Crippen LogP contribution < -0.4 is 10.7 Å². The molecule has 0 fully saturated rings. The lowest BCUT2D eigenvalue weighted by Crippen LogP contribution is -2.24. The van der Waals surface area contributed by atoms with Gasteiger partial charge in [-0.1, -0.05) is 23.7 Å². The summed E-state index contributed by atoms with van der Waals surface area (Å²) in [5.41, 5.74) is 1.55. The number of carbonyl (C=O) groups excluding carboxylic acids is 1. The highest BCUT2D eigenvalue weighted by atomic mass is 35.5. The molecular formula is C21H15ClFN3O2S. The number of pyridine rings is 1. The van der Waals surface area contributed by atoms with Crippen molar-refractivity contribution in [3.05, 3.63) is 80.7 Å². The molecule has 29 heavy (non-hydrogen) atoms. The normalized spacial score (nSPS) is 11.0. The molecule has 1 N–H and O–H groups in total. The van der Waals surface area contributed by atoms with E-state index in [0.29, 0.717) is 27.9 Å². The van der Waals surface area contributed by atoms with Crippen LogP contribution in [0.15, 0.2) is 58.8 Å². The summed E-state index contributed by atoms with van der Waals surface area (Å²) in [5.74, 6) is -1.11. The molecule has 0 aliphatic carbocycles. The number of anilines is 1. The molecule has 5 nitrogen and oxygen atoms in total. The summed E-state index contributed by atoms with van der Waals surface area (Å²) < 4.78 is 15.4. The van der Waals surface area contributed by atoms with Crippen LogP contribution in [0.4, 0.5) is 9.52 Å². The highest BCUT2D eigenvalue weighted by Gasteiger charge is 2.17. The van der Waals surface area contributed by atoms with Gasteiger partial charge in [0, 0.05) is 34.1 Å². The minimum Gasteiger partial charge on any atom is -0.347 e. The number of hydrogen-bond acceptors (Lipinski definition) is 4. The van der Waals surface area contributed by atoms with E-state index >= 15 is 0 Å². The Kier molecular flexibility index (Phi) is 5.17. The van der Waals surface area contributed by atoms with Crippen molar-refractivity contribution < 1.29 is 9.18 Å². The van der Waals surface area contributed by atoms with Gasteiger partial charge in [-0.15, -0.1) is 11.3 Å². The van der Waals surface area contributed by atoms with E-state index in [1.807, 2.05) is 19.1 Å². The summed E-state index contributed by atoms with van der Waals surface area (Å²) >= 11 is 7.15. The Labute approximate surface area is 174 Å². The molecule has 0 unspecified atom stereocenters. The number of rotatable bonds is 4. The average Bonchev–Trinajstić information content (AvgIpc) is 3.17. The first-order valence-corrected chi connectivity index (χ1v) is 10.1. The van der Waals surface area contributed by atoms with E-state index in [4.69, 9.17) is 11.6 Å². The maximum Gasteiger partial charge on any atom is 0.262 e. The smallest absolute Gasteiger partial charge is 0.262 e. The van der Waals surface area contributed by atoms with Crippen molar-refractivity contribution >= 4 is 44.9 Å². The number of fused-ring (bicyclic) bond motifs is 1. The largest absolute Gasteiger partial charge is 0.347 e. The summed E-state index contributed by atoms with van der Waals surface area (Å²) in [6.45, 7) is 2.41. The zero-order valence-electron chi connectivity index (χ0n) is 15.3. The molecule has 4 rings (SSSR count). The SMILES string of the molecule is CCn1cc(C(=O)Nc2nc(-c3ccc(Cl)cc3)cs2)c(=O)c2cc(F)ccc21. The molecule has 0 radical (unpaired) electrons. The number of aryl methyl sites for hydroxylation is 1. The van der Waals surface area contributed by atoms with Crippen LogP contribution >= 0.6 is 22.9 Å². The fourth-order valence-electron chi connectivity index (χ4n) is 3.04. The maximum atomic E-state index is 13.7. The van der Waals surface area contributed by atoms with Gasteiger partial charge >= 0.3 is 0 Å². The standard InChI is InChI=1S/C21H15ClFN3O2S/c1-2-26-10-16(19(27)15-9-14(23)7-8-18(15)26)20(28)25-21-24-17(11-29-21)12-3-5-13(22)6-4-12/h3-11H,2H2,1H3,(H,24,25,28). The number of hydrogen-bond donors (Lipinski definition) is 1. The van der Waals surface area contributed by atoms with Crippen molar-refractivity contribution in [2.45, 2.75) is 13.5 Å². The summed E-state index contributed by atoms with van der Waals surface area (Å²) in [6, 6.07) is 11.2. The molecule has 0 bridgehead atoms. The minimum absolute atomic E-state index is 0.0619. The molecule has 0 spiro atoms. The fourth-order valence-corrected chi connectivity index (χ4v) is 3.88. The highest BCUT2D eigenvalue weighted by Crippen LogP contribution is 2.26. The van der Waals surface area contributed by atoms with E-state index in [1.165, 1.54) is 29.7 Å². The van der Waals surface area contributed by atoms with Gasteiger partial charge in [0.15, 0.2) is 5.13 Å². The first-order valence-electron chi connectivity index (χ1n) is 8.82. The monoisotopic (exact) mass is 427 g/mol. The lowest BCUT2D eigenvalue weighted by molar-refractivity contribution is 0.102. The second-order valence-electron chi connectivity index (χ2n) is 6.32. The van der Waals surface area contributed by atoms with Gasteiger partial charge in [0.25, 0.3) is 5.91 Å². The van der Waals surface area contributed by atoms with E-state index in [2.05, 4.69) is 10.3 Å². The number of amides is 1. The van der Waals surface area contributed by atoms with E-state index in [0.717, 1.165) is 11.6 Å². The highest BCUT2D eigenvalue weighted by molar-refractivity contribution is 7.14. The van der Waals surface area contributed by atoms with E-state index < -0.39 is 17.2 Å². The second-order valence-corrected chi connectivity index (χ2v) is 7.61. The van der Waals surface area contributed by atoms with Crippen molar-refractivity contribution in [1.82, 2.24) is 9.55 Å². The number of aromatic nitrogens is 2. The molecular weight excluding hydrogens is 413 g/mol. The molecule has 4 aromatic rings. The molecule has 0 saturated heterocycles. The third-order valence-electron chi connectivity index (χ3n) is 4.49. The molecule has 1 amide bonds. The number of carbonyl (C=O) groups is 1. The summed E-state index contributed by atoms with van der Waals surface area (Å²) in [5, 5.41) is 5.62. The van der Waals surface area contributed by atoms with Gasteiger partial charge in [-0.05, 0) is 37.3 Å². The van der Waals surface area contributed by atoms with Crippen LogP contribution in [-0.4, -0.2) is 15.5 Å². The van der Waals surface area contributed by atoms with Crippen LogP contribution in [0.25, 0.3) is 22.2 Å². The minimum atomic E-state index is -0.583. The zero-order valence-corrected chi connectivity index (χ0v) is 16.9. The van der Waals surface area contributed by atoms with Gasteiger partial charge in [-0.2, -0.15) is 0 Å². The van der Waals surface area contributed by atoms with Gasteiger partial charge in [0.2, 0.25) is 5.43 Å². The van der Waals surface area contributed by atoms with Crippen LogP contribution in [-0.2, 0) is 6.54 Å². The van der Waals surface area contributed by atoms with Crippen molar-refractivity contribution in [3.63, 3.8) is 0 Å². The topological polar surface area (TPSA) is 64.0 Å². The van der Waals surface area contributed by atoms with E-state index in [9.17, 15) is 14.0 Å². The molecule has 0 aliphatic rings. The first kappa shape index (κ1) is 19.3. The Balaban J connectivity index is 1.67. The molecule has 8 heteroatoms. The maximum absolute atomic E-state index is 13.7. The Hall–Kier alpha value is -3.03. The van der Waals surface area contributed by atoms with Crippen molar-refractivity contribution in [1.29, 1.82) is 0 Å². The summed E-state index contributed by atoms with van der Waals surface area (Å²) in [7, 11) is 0. The molecule has 0 saturated carbocycles. The Morgan fingerprint density at radius 1 is 1.24 bits per heavy atom. The second kappa shape index (κ2) is 7.77. The number of benzene rings is 2. The number of thiazole rings is 1. The van der Waals surface area contributed by atoms with Gasteiger partial charge < -0.3 is 4.57 Å². The van der Waals surface area contributed by atoms with Crippen LogP contribution in [0.1, 0.15) is 17.3 Å². The van der Waals surface area contributed by atoms with Gasteiger partial charge in [-0.25, -0.2) is 9.37 Å². The number of halogens is 2. The van der Waals surface area contributed by atoms with Crippen LogP contribution in [0.3, 0.4) is 0 Å². The third kappa shape index (κ3) is 3.79. The van der Waals surface area contributed by atoms with Crippen molar-refractivity contribution in [2.75, 3.05) is 5.32 Å². The third-order valence-corrected chi connectivity index (χ3v) is 5.50. The molecule has 0 aliphatic heterocycles. The Morgan fingerprint density at radius 3 is 2.72 bits per heavy atom. The first-order chi connectivity index (χ1) is 14.0. The molecule has 2 heterocycles. The van der Waals surface area contributed by atoms with Crippen molar-refractivity contribution in [3.8, 4) is 11.3 Å². The van der Waals surface area contributed by atoms with Crippen LogP contribution in [0, 0.1) is 5.82 Å². The molecule has 2 aromatic carbocycles.